The van der Waals surface area contributed by atoms with Crippen molar-refractivity contribution in [2.75, 3.05) is 24.5 Å². The van der Waals surface area contributed by atoms with Crippen molar-refractivity contribution in [1.82, 2.24) is 10.2 Å². The second-order valence-electron chi connectivity index (χ2n) is 10.5. The van der Waals surface area contributed by atoms with Crippen LogP contribution in [0, 0.1) is 6.92 Å². The normalized spacial score (nSPS) is 11.8. The maximum atomic E-state index is 14.5. The molecular weight excluding hydrogens is 574 g/mol. The maximum Gasteiger partial charge on any atom is 0.264 e. The zero-order valence-electron chi connectivity index (χ0n) is 25.3. The number of benzene rings is 4. The summed E-state index contributed by atoms with van der Waals surface area (Å²) < 4.78 is 34.8. The Kier molecular flexibility index (Phi) is 11.2. The monoisotopic (exact) mass is 613 g/mol. The smallest absolute Gasteiger partial charge is 0.264 e. The lowest BCUT2D eigenvalue weighted by molar-refractivity contribution is -0.140. The van der Waals surface area contributed by atoms with E-state index in [0.29, 0.717) is 12.3 Å². The first kappa shape index (κ1) is 32.3. The molecule has 0 radical (unpaired) electrons. The molecule has 0 aliphatic carbocycles. The van der Waals surface area contributed by atoms with Gasteiger partial charge in [0.1, 0.15) is 18.3 Å². The minimum atomic E-state index is -4.21. The van der Waals surface area contributed by atoms with Crippen LogP contribution >= 0.6 is 0 Å². The summed E-state index contributed by atoms with van der Waals surface area (Å²) in [6, 6.07) is 31.0. The van der Waals surface area contributed by atoms with Gasteiger partial charge in [0, 0.05) is 19.5 Å². The molecule has 0 bridgehead atoms. The minimum Gasteiger partial charge on any atom is -0.495 e. The molecule has 8 nitrogen and oxygen atoms in total. The van der Waals surface area contributed by atoms with Crippen molar-refractivity contribution in [3.05, 3.63) is 126 Å². The first-order valence-electron chi connectivity index (χ1n) is 14.6. The molecule has 1 atom stereocenters. The van der Waals surface area contributed by atoms with E-state index in [1.165, 1.54) is 24.1 Å². The highest BCUT2D eigenvalue weighted by atomic mass is 32.2. The van der Waals surface area contributed by atoms with Gasteiger partial charge in [-0.25, -0.2) is 8.42 Å². The summed E-state index contributed by atoms with van der Waals surface area (Å²) in [5.74, 6) is -0.527. The number of amides is 2. The molecule has 0 aromatic heterocycles. The van der Waals surface area contributed by atoms with Crippen LogP contribution in [0.1, 0.15) is 30.0 Å². The molecule has 4 rings (SSSR count). The number of para-hydroxylation sites is 2. The number of sulfonamides is 1. The fraction of sp³-hybridized carbons (Fsp3) is 0.257. The molecular formula is C35H39N3O5S. The van der Waals surface area contributed by atoms with Crippen molar-refractivity contribution in [1.29, 1.82) is 0 Å². The summed E-state index contributed by atoms with van der Waals surface area (Å²) in [7, 11) is -2.76. The third-order valence-corrected chi connectivity index (χ3v) is 9.03. The lowest BCUT2D eigenvalue weighted by atomic mass is 10.0. The maximum absolute atomic E-state index is 14.5. The second kappa shape index (κ2) is 15.2. The number of anilines is 1. The standard InChI is InChI=1S/C35H39N3O5S/c1-4-23-36-35(40)32(24-28-13-7-5-8-14-28)37(25-29-21-19-27(2)20-22-29)34(39)26-38(31-17-11-12-18-33(31)43-3)44(41,42)30-15-9-6-10-16-30/h5-22,32H,4,23-26H2,1-3H3,(H,36,40)/t32-/m0/s1. The van der Waals surface area contributed by atoms with E-state index in [9.17, 15) is 18.0 Å². The fourth-order valence-corrected chi connectivity index (χ4v) is 6.32. The first-order valence-corrected chi connectivity index (χ1v) is 16.1. The van der Waals surface area contributed by atoms with Gasteiger partial charge in [-0.15, -0.1) is 0 Å². The number of carbonyl (C=O) groups is 2. The van der Waals surface area contributed by atoms with E-state index in [1.54, 1.807) is 42.5 Å². The zero-order valence-corrected chi connectivity index (χ0v) is 26.2. The van der Waals surface area contributed by atoms with Crippen molar-refractivity contribution in [3.8, 4) is 5.75 Å². The van der Waals surface area contributed by atoms with Gasteiger partial charge in [-0.2, -0.15) is 0 Å². The van der Waals surface area contributed by atoms with Crippen LogP contribution in [0.15, 0.2) is 114 Å². The van der Waals surface area contributed by atoms with Crippen LogP contribution in [-0.4, -0.2) is 51.4 Å². The van der Waals surface area contributed by atoms with Gasteiger partial charge in [0.05, 0.1) is 17.7 Å². The lowest BCUT2D eigenvalue weighted by Gasteiger charge is -2.34. The number of methoxy groups -OCH3 is 1. The van der Waals surface area contributed by atoms with Crippen LogP contribution in [0.25, 0.3) is 0 Å². The van der Waals surface area contributed by atoms with Crippen molar-refractivity contribution in [2.45, 2.75) is 44.2 Å². The Labute approximate surface area is 260 Å². The molecule has 2 amide bonds. The predicted octanol–water partition coefficient (Wildman–Crippen LogP) is 5.37. The van der Waals surface area contributed by atoms with Crippen LogP contribution in [0.2, 0.25) is 0 Å². The van der Waals surface area contributed by atoms with Crippen molar-refractivity contribution < 1.29 is 22.7 Å². The number of rotatable bonds is 14. The molecule has 44 heavy (non-hydrogen) atoms. The summed E-state index contributed by atoms with van der Waals surface area (Å²) in [5, 5.41) is 2.96. The molecule has 0 spiro atoms. The van der Waals surface area contributed by atoms with E-state index in [-0.39, 0.29) is 29.5 Å². The van der Waals surface area contributed by atoms with Crippen molar-refractivity contribution in [2.24, 2.45) is 0 Å². The number of nitrogens with zero attached hydrogens (tertiary/aromatic N) is 2. The van der Waals surface area contributed by atoms with Crippen LogP contribution in [-0.2, 0) is 32.6 Å². The topological polar surface area (TPSA) is 96.0 Å². The Hall–Kier alpha value is -4.63. The highest BCUT2D eigenvalue weighted by Gasteiger charge is 2.35. The largest absolute Gasteiger partial charge is 0.495 e. The molecule has 0 heterocycles. The molecule has 0 aliphatic rings. The van der Waals surface area contributed by atoms with E-state index in [0.717, 1.165) is 27.4 Å². The molecule has 9 heteroatoms. The van der Waals surface area contributed by atoms with Crippen LogP contribution in [0.4, 0.5) is 5.69 Å². The number of hydrogen-bond acceptors (Lipinski definition) is 5. The van der Waals surface area contributed by atoms with Gasteiger partial charge in [-0.05, 0) is 48.7 Å². The fourth-order valence-electron chi connectivity index (χ4n) is 4.88. The lowest BCUT2D eigenvalue weighted by Crippen LogP contribution is -2.53. The first-order chi connectivity index (χ1) is 21.2. The Morgan fingerprint density at radius 1 is 0.818 bits per heavy atom. The van der Waals surface area contributed by atoms with E-state index in [2.05, 4.69) is 5.32 Å². The summed E-state index contributed by atoms with van der Waals surface area (Å²) in [5.41, 5.74) is 2.98. The Bertz CT molecular complexity index is 1630. The summed E-state index contributed by atoms with van der Waals surface area (Å²) in [6.45, 7) is 3.95. The van der Waals surface area contributed by atoms with E-state index in [4.69, 9.17) is 4.74 Å². The third-order valence-electron chi connectivity index (χ3n) is 7.26. The van der Waals surface area contributed by atoms with E-state index >= 15 is 0 Å². The molecule has 0 saturated heterocycles. The molecule has 230 valence electrons. The Morgan fingerprint density at radius 2 is 1.43 bits per heavy atom. The number of nitrogens with one attached hydrogen (secondary N) is 1. The van der Waals surface area contributed by atoms with Gasteiger partial charge in [0.15, 0.2) is 0 Å². The molecule has 0 unspecified atom stereocenters. The van der Waals surface area contributed by atoms with E-state index in [1.807, 2.05) is 68.4 Å². The zero-order chi connectivity index (χ0) is 31.5. The van der Waals surface area contributed by atoms with Gasteiger partial charge < -0.3 is 15.0 Å². The quantitative estimate of drug-likeness (QED) is 0.207. The second-order valence-corrected chi connectivity index (χ2v) is 12.4. The minimum absolute atomic E-state index is 0.0327. The number of aryl methyl sites for hydroxylation is 1. The summed E-state index contributed by atoms with van der Waals surface area (Å²) >= 11 is 0. The molecule has 0 aliphatic heterocycles. The number of ether oxygens (including phenoxy) is 1. The Morgan fingerprint density at radius 3 is 2.07 bits per heavy atom. The van der Waals surface area contributed by atoms with Gasteiger partial charge in [-0.3, -0.25) is 13.9 Å². The number of hydrogen-bond donors (Lipinski definition) is 1. The molecule has 1 N–H and O–H groups in total. The van der Waals surface area contributed by atoms with Crippen LogP contribution in [0.3, 0.4) is 0 Å². The molecule has 0 saturated carbocycles. The van der Waals surface area contributed by atoms with Gasteiger partial charge >= 0.3 is 0 Å². The highest BCUT2D eigenvalue weighted by molar-refractivity contribution is 7.92. The molecule has 4 aromatic carbocycles. The highest BCUT2D eigenvalue weighted by Crippen LogP contribution is 2.32. The summed E-state index contributed by atoms with van der Waals surface area (Å²) in [6.07, 6.45) is 0.987. The predicted molar refractivity (Wildman–Crippen MR) is 173 cm³/mol. The Balaban J connectivity index is 1.81. The van der Waals surface area contributed by atoms with Crippen LogP contribution < -0.4 is 14.4 Å². The van der Waals surface area contributed by atoms with Gasteiger partial charge in [0.25, 0.3) is 10.0 Å². The third kappa shape index (κ3) is 8.05. The van der Waals surface area contributed by atoms with Crippen molar-refractivity contribution >= 4 is 27.5 Å². The van der Waals surface area contributed by atoms with Gasteiger partial charge in [0.2, 0.25) is 11.8 Å². The SMILES string of the molecule is CCCNC(=O)[C@H](Cc1ccccc1)N(Cc1ccc(C)cc1)C(=O)CN(c1ccccc1OC)S(=O)(=O)c1ccccc1. The molecule has 4 aromatic rings. The van der Waals surface area contributed by atoms with E-state index < -0.39 is 28.5 Å². The van der Waals surface area contributed by atoms with Crippen molar-refractivity contribution in [3.63, 3.8) is 0 Å². The molecule has 0 fully saturated rings. The average Bonchev–Trinajstić information content (AvgIpc) is 3.05. The summed E-state index contributed by atoms with van der Waals surface area (Å²) in [4.78, 5) is 29.7. The number of carbonyl (C=O) groups excluding carboxylic acids is 2. The van der Waals surface area contributed by atoms with Crippen LogP contribution in [0.5, 0.6) is 5.75 Å². The van der Waals surface area contributed by atoms with Gasteiger partial charge in [-0.1, -0.05) is 97.4 Å². The average molecular weight is 614 g/mol.